The van der Waals surface area contributed by atoms with Crippen molar-refractivity contribution in [2.45, 2.75) is 12.3 Å². The van der Waals surface area contributed by atoms with Crippen LogP contribution in [0.25, 0.3) is 0 Å². The zero-order valence-electron chi connectivity index (χ0n) is 10.8. The molecule has 4 atom stereocenters. The van der Waals surface area contributed by atoms with E-state index in [4.69, 9.17) is 0 Å². The Kier molecular flexibility index (Phi) is 3.14. The lowest BCUT2D eigenvalue weighted by Crippen LogP contribution is -2.24. The van der Waals surface area contributed by atoms with Gasteiger partial charge in [-0.15, -0.1) is 0 Å². The molecule has 5 heteroatoms. The summed E-state index contributed by atoms with van der Waals surface area (Å²) in [5.41, 5.74) is 0.644. The number of nitro groups is 1. The Bertz CT molecular complexity index is 595. The van der Waals surface area contributed by atoms with Gasteiger partial charge >= 0.3 is 0 Å². The Hall–Kier alpha value is -2.01. The van der Waals surface area contributed by atoms with Crippen LogP contribution in [0.15, 0.2) is 36.4 Å². The van der Waals surface area contributed by atoms with Crippen LogP contribution in [-0.4, -0.2) is 22.4 Å². The summed E-state index contributed by atoms with van der Waals surface area (Å²) < 4.78 is 0. The molecule has 0 aliphatic heterocycles. The molecule has 0 saturated heterocycles. The van der Waals surface area contributed by atoms with Crippen molar-refractivity contribution in [3.8, 4) is 0 Å². The summed E-state index contributed by atoms with van der Waals surface area (Å²) in [6, 6.07) is 6.57. The van der Waals surface area contributed by atoms with Gasteiger partial charge in [-0.1, -0.05) is 30.4 Å². The van der Waals surface area contributed by atoms with Crippen molar-refractivity contribution >= 4 is 11.5 Å². The van der Waals surface area contributed by atoms with E-state index in [1.807, 2.05) is 12.2 Å². The third-order valence-electron chi connectivity index (χ3n) is 4.44. The van der Waals surface area contributed by atoms with Gasteiger partial charge in [0.15, 0.2) is 0 Å². The minimum absolute atomic E-state index is 0.0130. The maximum absolute atomic E-state index is 12.3. The monoisotopic (exact) mass is 273 g/mol. The van der Waals surface area contributed by atoms with Gasteiger partial charge in [0.2, 0.25) is 0 Å². The van der Waals surface area contributed by atoms with E-state index < -0.39 is 4.92 Å². The average Bonchev–Trinajstić information content (AvgIpc) is 2.66. The lowest BCUT2D eigenvalue weighted by molar-refractivity contribution is -0.385. The van der Waals surface area contributed by atoms with Gasteiger partial charge in [0.05, 0.1) is 4.92 Å². The molecule has 1 fully saturated rings. The first kappa shape index (κ1) is 13.0. The van der Waals surface area contributed by atoms with E-state index in [-0.39, 0.29) is 41.7 Å². The van der Waals surface area contributed by atoms with Crippen LogP contribution in [0.4, 0.5) is 5.69 Å². The third-order valence-corrected chi connectivity index (χ3v) is 4.44. The number of aliphatic hydroxyl groups excluding tert-OH is 1. The van der Waals surface area contributed by atoms with E-state index in [1.54, 1.807) is 18.2 Å². The minimum atomic E-state index is -0.405. The third kappa shape index (κ3) is 1.86. The summed E-state index contributed by atoms with van der Waals surface area (Å²) in [6.07, 6.45) is 4.31. The summed E-state index contributed by atoms with van der Waals surface area (Å²) in [5.74, 6) is -0.657. The quantitative estimate of drug-likeness (QED) is 0.519. The van der Waals surface area contributed by atoms with E-state index in [1.165, 1.54) is 6.07 Å². The zero-order chi connectivity index (χ0) is 14.3. The largest absolute Gasteiger partial charge is 0.396 e. The van der Waals surface area contributed by atoms with Gasteiger partial charge < -0.3 is 5.11 Å². The molecule has 2 bridgehead atoms. The molecule has 2 aliphatic rings. The molecule has 104 valence electrons. The fourth-order valence-electron chi connectivity index (χ4n) is 3.46. The van der Waals surface area contributed by atoms with Gasteiger partial charge in [-0.2, -0.15) is 0 Å². The highest BCUT2D eigenvalue weighted by Gasteiger charge is 2.47. The van der Waals surface area contributed by atoms with E-state index in [0.717, 1.165) is 0 Å². The van der Waals surface area contributed by atoms with Gasteiger partial charge in [-0.05, 0) is 12.3 Å². The number of carbonyl (C=O) groups is 1. The summed E-state index contributed by atoms with van der Waals surface area (Å²) in [5, 5.41) is 20.5. The molecule has 0 spiro atoms. The van der Waals surface area contributed by atoms with Crippen molar-refractivity contribution in [3.63, 3.8) is 0 Å². The van der Waals surface area contributed by atoms with Crippen LogP contribution in [0.1, 0.15) is 17.9 Å². The Labute approximate surface area is 116 Å². The fourth-order valence-corrected chi connectivity index (χ4v) is 3.46. The summed E-state index contributed by atoms with van der Waals surface area (Å²) >= 11 is 0. The Balaban J connectivity index is 2.01. The van der Waals surface area contributed by atoms with E-state index in [0.29, 0.717) is 12.0 Å². The summed E-state index contributed by atoms with van der Waals surface area (Å²) in [6.45, 7) is -0.0130. The predicted octanol–water partition coefficient (Wildman–Crippen LogP) is 2.06. The maximum Gasteiger partial charge on any atom is 0.273 e. The number of hydrogen-bond acceptors (Lipinski definition) is 4. The molecule has 0 heterocycles. The SMILES string of the molecule is O=C1[C@@H]2C=C[C@H](c3ccccc3[N+](=O)[O-])[C@H]1C[C@H]2CO. The molecule has 5 nitrogen and oxygen atoms in total. The van der Waals surface area contributed by atoms with Crippen molar-refractivity contribution < 1.29 is 14.8 Å². The highest BCUT2D eigenvalue weighted by atomic mass is 16.6. The van der Waals surface area contributed by atoms with Crippen molar-refractivity contribution in [2.75, 3.05) is 6.61 Å². The smallest absolute Gasteiger partial charge is 0.273 e. The normalized spacial score (nSPS) is 31.6. The van der Waals surface area contributed by atoms with Gasteiger partial charge in [-0.25, -0.2) is 0 Å². The molecule has 1 aromatic carbocycles. The number of rotatable bonds is 3. The van der Waals surface area contributed by atoms with Crippen LogP contribution in [0.5, 0.6) is 0 Å². The van der Waals surface area contributed by atoms with Crippen molar-refractivity contribution in [1.29, 1.82) is 0 Å². The topological polar surface area (TPSA) is 80.4 Å². The highest BCUT2D eigenvalue weighted by Crippen LogP contribution is 2.47. The van der Waals surface area contributed by atoms with Crippen LogP contribution in [0.2, 0.25) is 0 Å². The van der Waals surface area contributed by atoms with E-state index in [2.05, 4.69) is 0 Å². The second-order valence-corrected chi connectivity index (χ2v) is 5.44. The zero-order valence-corrected chi connectivity index (χ0v) is 10.8. The minimum Gasteiger partial charge on any atom is -0.396 e. The molecule has 0 aromatic heterocycles. The van der Waals surface area contributed by atoms with Crippen molar-refractivity contribution in [2.24, 2.45) is 17.8 Å². The lowest BCUT2D eigenvalue weighted by Gasteiger charge is -2.23. The maximum atomic E-state index is 12.3. The molecule has 1 N–H and O–H groups in total. The first-order chi connectivity index (χ1) is 9.63. The number of fused-ring (bicyclic) bond motifs is 2. The van der Waals surface area contributed by atoms with E-state index in [9.17, 15) is 20.0 Å². The van der Waals surface area contributed by atoms with Gasteiger partial charge in [0.25, 0.3) is 5.69 Å². The average molecular weight is 273 g/mol. The number of para-hydroxylation sites is 1. The highest BCUT2D eigenvalue weighted by molar-refractivity contribution is 5.90. The fraction of sp³-hybridized carbons (Fsp3) is 0.400. The first-order valence-corrected chi connectivity index (χ1v) is 6.69. The van der Waals surface area contributed by atoms with Crippen LogP contribution < -0.4 is 0 Å². The first-order valence-electron chi connectivity index (χ1n) is 6.69. The number of nitrogens with zero attached hydrogens (tertiary/aromatic N) is 1. The number of aliphatic hydroxyl groups is 1. The number of carbonyl (C=O) groups excluding carboxylic acids is 1. The number of benzene rings is 1. The Morgan fingerprint density at radius 2 is 1.95 bits per heavy atom. The molecule has 20 heavy (non-hydrogen) atoms. The number of allylic oxidation sites excluding steroid dienone is 2. The Morgan fingerprint density at radius 1 is 1.25 bits per heavy atom. The molecule has 1 aromatic rings. The molecule has 0 amide bonds. The summed E-state index contributed by atoms with van der Waals surface area (Å²) in [4.78, 5) is 23.0. The number of Topliss-reactive ketones (excluding diaryl/α,β-unsaturated/α-hetero) is 1. The molecule has 1 saturated carbocycles. The van der Waals surface area contributed by atoms with Gasteiger partial charge in [0, 0.05) is 36.0 Å². The lowest BCUT2D eigenvalue weighted by atomic mass is 9.79. The Morgan fingerprint density at radius 3 is 2.65 bits per heavy atom. The molecule has 3 rings (SSSR count). The van der Waals surface area contributed by atoms with Crippen LogP contribution in [0.3, 0.4) is 0 Å². The van der Waals surface area contributed by atoms with Crippen LogP contribution >= 0.6 is 0 Å². The van der Waals surface area contributed by atoms with Gasteiger partial charge in [0.1, 0.15) is 5.78 Å². The molecule has 0 unspecified atom stereocenters. The second-order valence-electron chi connectivity index (χ2n) is 5.44. The van der Waals surface area contributed by atoms with Crippen LogP contribution in [0, 0.1) is 27.9 Å². The van der Waals surface area contributed by atoms with E-state index >= 15 is 0 Å². The van der Waals surface area contributed by atoms with Gasteiger partial charge in [-0.3, -0.25) is 14.9 Å². The molecular weight excluding hydrogens is 258 g/mol. The van der Waals surface area contributed by atoms with Crippen LogP contribution in [-0.2, 0) is 4.79 Å². The molecule has 2 aliphatic carbocycles. The molecular formula is C15H15NO4. The van der Waals surface area contributed by atoms with Crippen molar-refractivity contribution in [3.05, 3.63) is 52.1 Å². The molecule has 0 radical (unpaired) electrons. The standard InChI is InChI=1S/C15H15NO4/c17-8-9-7-13-11(6-5-10(9)15(13)18)12-3-1-2-4-14(12)16(19)20/h1-6,9-11,13,17H,7-8H2/t9-,10+,11+,13+/m0/s1. The second kappa shape index (κ2) is 4.83. The summed E-state index contributed by atoms with van der Waals surface area (Å²) in [7, 11) is 0. The number of ketones is 1. The van der Waals surface area contributed by atoms with Crippen molar-refractivity contribution in [1.82, 2.24) is 0 Å². The number of nitro benzene ring substituents is 1. The number of hydrogen-bond donors (Lipinski definition) is 1. The predicted molar refractivity (Wildman–Crippen MR) is 72.2 cm³/mol.